The van der Waals surface area contributed by atoms with Crippen LogP contribution in [-0.2, 0) is 0 Å². The first-order valence-corrected chi connectivity index (χ1v) is 5.31. The Balaban J connectivity index is 1.89. The summed E-state index contributed by atoms with van der Waals surface area (Å²) in [6.07, 6.45) is 2.72. The molecule has 2 rings (SSSR count). The summed E-state index contributed by atoms with van der Waals surface area (Å²) in [5.41, 5.74) is -0.254. The van der Waals surface area contributed by atoms with Crippen molar-refractivity contribution in [3.05, 3.63) is 34.2 Å². The number of amides is 1. The highest BCUT2D eigenvalue weighted by molar-refractivity contribution is 5.93. The molecule has 0 spiro atoms. The van der Waals surface area contributed by atoms with E-state index >= 15 is 0 Å². The minimum Gasteiger partial charge on any atom is -0.393 e. The number of hydrogen-bond acceptors (Lipinski definition) is 3. The third kappa shape index (κ3) is 2.30. The van der Waals surface area contributed by atoms with Gasteiger partial charge in [-0.25, -0.2) is 0 Å². The molecule has 0 aromatic carbocycles. The van der Waals surface area contributed by atoms with Gasteiger partial charge in [0.25, 0.3) is 11.5 Å². The number of carbonyl (C=O) groups excluding carboxylic acids is 1. The fourth-order valence-electron chi connectivity index (χ4n) is 1.80. The smallest absolute Gasteiger partial charge is 0.260 e. The van der Waals surface area contributed by atoms with Crippen molar-refractivity contribution in [1.82, 2.24) is 10.3 Å². The van der Waals surface area contributed by atoms with Gasteiger partial charge in [-0.05, 0) is 30.9 Å². The summed E-state index contributed by atoms with van der Waals surface area (Å²) in [5.74, 6) is -0.0232. The first kappa shape index (κ1) is 10.9. The van der Waals surface area contributed by atoms with Gasteiger partial charge < -0.3 is 15.4 Å². The van der Waals surface area contributed by atoms with Crippen LogP contribution in [0.2, 0.25) is 0 Å². The van der Waals surface area contributed by atoms with Gasteiger partial charge in [-0.2, -0.15) is 0 Å². The predicted octanol–water partition coefficient (Wildman–Crippen LogP) is -0.124. The van der Waals surface area contributed by atoms with Crippen molar-refractivity contribution in [2.75, 3.05) is 6.54 Å². The van der Waals surface area contributed by atoms with Crippen LogP contribution in [0.4, 0.5) is 0 Å². The fourth-order valence-corrected chi connectivity index (χ4v) is 1.80. The number of aliphatic hydroxyl groups is 1. The number of pyridine rings is 1. The summed E-state index contributed by atoms with van der Waals surface area (Å²) in [6.45, 7) is 0.518. The fraction of sp³-hybridized carbons (Fsp3) is 0.455. The Kier molecular flexibility index (Phi) is 3.05. The third-order valence-corrected chi connectivity index (χ3v) is 2.82. The van der Waals surface area contributed by atoms with Crippen LogP contribution >= 0.6 is 0 Å². The monoisotopic (exact) mass is 222 g/mol. The molecule has 0 aliphatic heterocycles. The maximum atomic E-state index is 11.6. The molecule has 0 bridgehead atoms. The van der Waals surface area contributed by atoms with Crippen LogP contribution in [-0.4, -0.2) is 28.6 Å². The normalized spacial score (nSPS) is 23.6. The highest BCUT2D eigenvalue weighted by Gasteiger charge is 2.27. The number of aliphatic hydroxyl groups excluding tert-OH is 1. The summed E-state index contributed by atoms with van der Waals surface area (Å²) in [6, 6.07) is 3.10. The average Bonchev–Trinajstić information content (AvgIpc) is 2.23. The second-order valence-corrected chi connectivity index (χ2v) is 4.11. The molecule has 16 heavy (non-hydrogen) atoms. The van der Waals surface area contributed by atoms with Crippen LogP contribution < -0.4 is 10.9 Å². The molecule has 0 saturated heterocycles. The molecule has 1 aromatic heterocycles. The number of nitrogens with one attached hydrogen (secondary N) is 2. The van der Waals surface area contributed by atoms with E-state index in [0.29, 0.717) is 12.5 Å². The number of H-pyrrole nitrogens is 1. The topological polar surface area (TPSA) is 82.2 Å². The van der Waals surface area contributed by atoms with Crippen molar-refractivity contribution in [2.45, 2.75) is 18.9 Å². The lowest BCUT2D eigenvalue weighted by molar-refractivity contribution is 0.0420. The Morgan fingerprint density at radius 2 is 2.31 bits per heavy atom. The molecule has 3 N–H and O–H groups in total. The van der Waals surface area contributed by atoms with Gasteiger partial charge in [0.05, 0.1) is 6.10 Å². The van der Waals surface area contributed by atoms with Crippen LogP contribution in [0.5, 0.6) is 0 Å². The van der Waals surface area contributed by atoms with E-state index in [-0.39, 0.29) is 23.1 Å². The molecular formula is C11H14N2O3. The second-order valence-electron chi connectivity index (χ2n) is 4.11. The van der Waals surface area contributed by atoms with Gasteiger partial charge >= 0.3 is 0 Å². The molecule has 1 amide bonds. The van der Waals surface area contributed by atoms with E-state index in [2.05, 4.69) is 10.3 Å². The molecule has 0 atom stereocenters. The Hall–Kier alpha value is -1.62. The van der Waals surface area contributed by atoms with E-state index < -0.39 is 0 Å². The molecule has 86 valence electrons. The molecule has 0 unspecified atom stereocenters. The van der Waals surface area contributed by atoms with Gasteiger partial charge in [0, 0.05) is 12.7 Å². The molecule has 5 heteroatoms. The summed E-state index contributed by atoms with van der Waals surface area (Å²) in [5, 5.41) is 11.8. The quantitative estimate of drug-likeness (QED) is 0.666. The number of hydrogen-bond donors (Lipinski definition) is 3. The largest absolute Gasteiger partial charge is 0.393 e. The zero-order valence-electron chi connectivity index (χ0n) is 8.77. The number of aromatic amines is 1. The van der Waals surface area contributed by atoms with Crippen molar-refractivity contribution in [1.29, 1.82) is 0 Å². The van der Waals surface area contributed by atoms with E-state index in [1.165, 1.54) is 12.3 Å². The number of rotatable bonds is 3. The van der Waals surface area contributed by atoms with Crippen molar-refractivity contribution in [3.63, 3.8) is 0 Å². The van der Waals surface area contributed by atoms with Crippen LogP contribution in [0.15, 0.2) is 23.1 Å². The Bertz CT molecular complexity index is 435. The Labute approximate surface area is 92.5 Å². The lowest BCUT2D eigenvalue weighted by Gasteiger charge is -2.31. The summed E-state index contributed by atoms with van der Waals surface area (Å²) >= 11 is 0. The predicted molar refractivity (Wildman–Crippen MR) is 58.1 cm³/mol. The molecule has 1 fully saturated rings. The van der Waals surface area contributed by atoms with Gasteiger partial charge in [-0.1, -0.05) is 0 Å². The lowest BCUT2D eigenvalue weighted by Crippen LogP contribution is -2.39. The van der Waals surface area contributed by atoms with Gasteiger partial charge in [-0.15, -0.1) is 0 Å². The summed E-state index contributed by atoms with van der Waals surface area (Å²) in [7, 11) is 0. The van der Waals surface area contributed by atoms with Crippen LogP contribution in [0.1, 0.15) is 23.2 Å². The molecule has 1 aliphatic rings. The van der Waals surface area contributed by atoms with E-state index in [1.54, 1.807) is 6.07 Å². The molecule has 1 aromatic rings. The summed E-state index contributed by atoms with van der Waals surface area (Å²) in [4.78, 5) is 25.3. The lowest BCUT2D eigenvalue weighted by atomic mass is 9.82. The van der Waals surface area contributed by atoms with Gasteiger partial charge in [0.2, 0.25) is 0 Å². The third-order valence-electron chi connectivity index (χ3n) is 2.82. The van der Waals surface area contributed by atoms with Crippen LogP contribution in [0, 0.1) is 5.92 Å². The highest BCUT2D eigenvalue weighted by atomic mass is 16.3. The molecule has 0 radical (unpaired) electrons. The first-order chi connectivity index (χ1) is 7.66. The maximum Gasteiger partial charge on any atom is 0.260 e. The van der Waals surface area contributed by atoms with Gasteiger partial charge in [0.15, 0.2) is 0 Å². The number of carbonyl (C=O) groups is 1. The molecule has 1 heterocycles. The van der Waals surface area contributed by atoms with E-state index in [1.807, 2.05) is 0 Å². The first-order valence-electron chi connectivity index (χ1n) is 5.31. The standard InChI is InChI=1S/C11H14N2O3/c14-8-4-7(5-8)6-13-11(16)9-2-1-3-12-10(9)15/h1-3,7-8,14H,4-6H2,(H,12,15)(H,13,16). The average molecular weight is 222 g/mol. The molecule has 1 aliphatic carbocycles. The van der Waals surface area contributed by atoms with Crippen molar-refractivity contribution < 1.29 is 9.90 Å². The zero-order chi connectivity index (χ0) is 11.5. The van der Waals surface area contributed by atoms with Gasteiger partial charge in [-0.3, -0.25) is 9.59 Å². The van der Waals surface area contributed by atoms with E-state index in [4.69, 9.17) is 5.11 Å². The van der Waals surface area contributed by atoms with Crippen molar-refractivity contribution in [3.8, 4) is 0 Å². The zero-order valence-corrected chi connectivity index (χ0v) is 8.77. The SMILES string of the molecule is O=C(NCC1CC(O)C1)c1ccc[nH]c1=O. The second kappa shape index (κ2) is 4.49. The van der Waals surface area contributed by atoms with Crippen LogP contribution in [0.3, 0.4) is 0 Å². The van der Waals surface area contributed by atoms with E-state index in [0.717, 1.165) is 12.8 Å². The molecular weight excluding hydrogens is 208 g/mol. The highest BCUT2D eigenvalue weighted by Crippen LogP contribution is 2.26. The van der Waals surface area contributed by atoms with Crippen LogP contribution in [0.25, 0.3) is 0 Å². The maximum absolute atomic E-state index is 11.6. The minimum absolute atomic E-state index is 0.127. The van der Waals surface area contributed by atoms with Crippen molar-refractivity contribution >= 4 is 5.91 Å². The van der Waals surface area contributed by atoms with Crippen molar-refractivity contribution in [2.24, 2.45) is 5.92 Å². The Morgan fingerprint density at radius 3 is 2.94 bits per heavy atom. The molecule has 5 nitrogen and oxygen atoms in total. The molecule has 1 saturated carbocycles. The summed E-state index contributed by atoms with van der Waals surface area (Å²) < 4.78 is 0. The Morgan fingerprint density at radius 1 is 1.56 bits per heavy atom. The number of aromatic nitrogens is 1. The van der Waals surface area contributed by atoms with E-state index in [9.17, 15) is 9.59 Å². The van der Waals surface area contributed by atoms with Gasteiger partial charge in [0.1, 0.15) is 5.56 Å². The minimum atomic E-state index is -0.381.